The van der Waals surface area contributed by atoms with Gasteiger partial charge >= 0.3 is 0 Å². The summed E-state index contributed by atoms with van der Waals surface area (Å²) in [6.07, 6.45) is 3.61. The molecule has 0 unspecified atom stereocenters. The van der Waals surface area contributed by atoms with E-state index in [0.29, 0.717) is 5.01 Å². The molecule has 2 rings (SSSR count). The van der Waals surface area contributed by atoms with E-state index in [0.717, 1.165) is 25.9 Å². The highest BCUT2D eigenvalue weighted by Crippen LogP contribution is 2.19. The van der Waals surface area contributed by atoms with Crippen LogP contribution in [-0.2, 0) is 0 Å². The second-order valence-electron chi connectivity index (χ2n) is 3.23. The topological polar surface area (TPSA) is 42.0 Å². The van der Waals surface area contributed by atoms with Crippen molar-refractivity contribution in [3.05, 3.63) is 16.6 Å². The van der Waals surface area contributed by atoms with Crippen molar-refractivity contribution in [2.45, 2.75) is 12.8 Å². The highest BCUT2D eigenvalue weighted by atomic mass is 32.1. The zero-order valence-corrected chi connectivity index (χ0v) is 8.14. The highest BCUT2D eigenvalue weighted by Gasteiger charge is 2.23. The number of nitrogens with zero attached hydrogens (tertiary/aromatic N) is 1. The molecule has 0 aliphatic carbocycles. The monoisotopic (exact) mass is 196 g/mol. The molecule has 4 heteroatoms. The Kier molecular flexibility index (Phi) is 2.71. The van der Waals surface area contributed by atoms with Gasteiger partial charge in [-0.15, -0.1) is 11.3 Å². The SMILES string of the molecule is O=C(c1nccs1)C1CCNCC1. The van der Waals surface area contributed by atoms with Crippen LogP contribution >= 0.6 is 11.3 Å². The molecule has 1 aromatic heterocycles. The van der Waals surface area contributed by atoms with E-state index in [9.17, 15) is 4.79 Å². The number of aromatic nitrogens is 1. The molecule has 70 valence electrons. The molecule has 1 N–H and O–H groups in total. The van der Waals surface area contributed by atoms with Gasteiger partial charge in [-0.25, -0.2) is 4.98 Å². The lowest BCUT2D eigenvalue weighted by Crippen LogP contribution is -2.31. The maximum atomic E-state index is 11.8. The van der Waals surface area contributed by atoms with Crippen molar-refractivity contribution < 1.29 is 4.79 Å². The average Bonchev–Trinajstić information content (AvgIpc) is 2.71. The van der Waals surface area contributed by atoms with Crippen molar-refractivity contribution in [3.8, 4) is 0 Å². The number of hydrogen-bond acceptors (Lipinski definition) is 4. The molecule has 1 saturated heterocycles. The molecule has 2 heterocycles. The minimum Gasteiger partial charge on any atom is -0.317 e. The summed E-state index contributed by atoms with van der Waals surface area (Å²) in [4.78, 5) is 15.8. The van der Waals surface area contributed by atoms with Crippen LogP contribution in [0.5, 0.6) is 0 Å². The molecular formula is C9H12N2OS. The van der Waals surface area contributed by atoms with Gasteiger partial charge in [-0.2, -0.15) is 0 Å². The minimum absolute atomic E-state index is 0.201. The van der Waals surface area contributed by atoms with Gasteiger partial charge in [0.05, 0.1) is 0 Å². The summed E-state index contributed by atoms with van der Waals surface area (Å²) in [5, 5.41) is 5.77. The Labute approximate surface area is 81.2 Å². The Bertz CT molecular complexity index is 278. The fourth-order valence-corrected chi connectivity index (χ4v) is 2.26. The summed E-state index contributed by atoms with van der Waals surface area (Å²) >= 11 is 1.44. The molecule has 0 bridgehead atoms. The van der Waals surface area contributed by atoms with E-state index in [4.69, 9.17) is 0 Å². The zero-order chi connectivity index (χ0) is 9.10. The van der Waals surface area contributed by atoms with Gasteiger partial charge in [0.1, 0.15) is 0 Å². The first kappa shape index (κ1) is 8.84. The van der Waals surface area contributed by atoms with Crippen LogP contribution in [0.3, 0.4) is 0 Å². The Morgan fingerprint density at radius 1 is 1.54 bits per heavy atom. The van der Waals surface area contributed by atoms with Gasteiger partial charge in [-0.3, -0.25) is 4.79 Å². The summed E-state index contributed by atoms with van der Waals surface area (Å²) in [6.45, 7) is 1.92. The average molecular weight is 196 g/mol. The molecule has 13 heavy (non-hydrogen) atoms. The quantitative estimate of drug-likeness (QED) is 0.725. The first-order valence-electron chi connectivity index (χ1n) is 4.52. The Morgan fingerprint density at radius 2 is 2.31 bits per heavy atom. The van der Waals surface area contributed by atoms with Crippen molar-refractivity contribution in [2.24, 2.45) is 5.92 Å². The minimum atomic E-state index is 0.201. The Hall–Kier alpha value is -0.740. The van der Waals surface area contributed by atoms with Crippen LogP contribution in [0.15, 0.2) is 11.6 Å². The lowest BCUT2D eigenvalue weighted by atomic mass is 9.94. The predicted octanol–water partition coefficient (Wildman–Crippen LogP) is 1.33. The molecule has 1 aliphatic heterocycles. The molecule has 0 amide bonds. The fraction of sp³-hybridized carbons (Fsp3) is 0.556. The summed E-state index contributed by atoms with van der Waals surface area (Å²) in [7, 11) is 0. The second kappa shape index (κ2) is 3.98. The normalized spacial score (nSPS) is 18.8. The summed E-state index contributed by atoms with van der Waals surface area (Å²) < 4.78 is 0. The molecule has 0 spiro atoms. The molecular weight excluding hydrogens is 184 g/mol. The number of carbonyl (C=O) groups excluding carboxylic acids is 1. The van der Waals surface area contributed by atoms with E-state index in [-0.39, 0.29) is 11.7 Å². The van der Waals surface area contributed by atoms with E-state index in [1.54, 1.807) is 6.20 Å². The largest absolute Gasteiger partial charge is 0.317 e. The smallest absolute Gasteiger partial charge is 0.194 e. The number of rotatable bonds is 2. The van der Waals surface area contributed by atoms with E-state index in [1.807, 2.05) is 5.38 Å². The number of nitrogens with one attached hydrogen (secondary N) is 1. The fourth-order valence-electron chi connectivity index (χ4n) is 1.60. The maximum Gasteiger partial charge on any atom is 0.194 e. The summed E-state index contributed by atoms with van der Waals surface area (Å²) in [5.74, 6) is 0.434. The van der Waals surface area contributed by atoms with Gasteiger partial charge in [-0.05, 0) is 25.9 Å². The number of Topliss-reactive ketones (excluding diaryl/α,β-unsaturated/α-hetero) is 1. The van der Waals surface area contributed by atoms with Gasteiger partial charge in [0, 0.05) is 17.5 Å². The van der Waals surface area contributed by atoms with Crippen LogP contribution in [0, 0.1) is 5.92 Å². The van der Waals surface area contributed by atoms with E-state index >= 15 is 0 Å². The Balaban J connectivity index is 2.04. The molecule has 1 fully saturated rings. The number of piperidine rings is 1. The van der Waals surface area contributed by atoms with Gasteiger partial charge in [0.15, 0.2) is 10.8 Å². The highest BCUT2D eigenvalue weighted by molar-refractivity contribution is 7.11. The van der Waals surface area contributed by atoms with Crippen LogP contribution < -0.4 is 5.32 Å². The van der Waals surface area contributed by atoms with Gasteiger partial charge in [0.2, 0.25) is 0 Å². The van der Waals surface area contributed by atoms with Crippen LogP contribution in [0.2, 0.25) is 0 Å². The predicted molar refractivity (Wildman–Crippen MR) is 52.0 cm³/mol. The third-order valence-electron chi connectivity index (χ3n) is 2.35. The summed E-state index contributed by atoms with van der Waals surface area (Å²) in [5.41, 5.74) is 0. The Morgan fingerprint density at radius 3 is 2.92 bits per heavy atom. The third-order valence-corrected chi connectivity index (χ3v) is 3.14. The number of hydrogen-bond donors (Lipinski definition) is 1. The van der Waals surface area contributed by atoms with Crippen LogP contribution in [-0.4, -0.2) is 23.9 Å². The lowest BCUT2D eigenvalue weighted by molar-refractivity contribution is 0.0894. The zero-order valence-electron chi connectivity index (χ0n) is 7.32. The van der Waals surface area contributed by atoms with E-state index in [1.165, 1.54) is 11.3 Å². The molecule has 3 nitrogen and oxygen atoms in total. The first-order chi connectivity index (χ1) is 6.38. The van der Waals surface area contributed by atoms with Crippen LogP contribution in [0.4, 0.5) is 0 Å². The lowest BCUT2D eigenvalue weighted by Gasteiger charge is -2.20. The van der Waals surface area contributed by atoms with Gasteiger partial charge < -0.3 is 5.32 Å². The molecule has 0 radical (unpaired) electrons. The van der Waals surface area contributed by atoms with Crippen LogP contribution in [0.25, 0.3) is 0 Å². The van der Waals surface area contributed by atoms with Crippen molar-refractivity contribution in [1.29, 1.82) is 0 Å². The number of carbonyl (C=O) groups is 1. The van der Waals surface area contributed by atoms with Crippen molar-refractivity contribution in [3.63, 3.8) is 0 Å². The van der Waals surface area contributed by atoms with Crippen molar-refractivity contribution in [2.75, 3.05) is 13.1 Å². The molecule has 0 aromatic carbocycles. The van der Waals surface area contributed by atoms with Crippen LogP contribution in [0.1, 0.15) is 22.6 Å². The molecule has 0 atom stereocenters. The van der Waals surface area contributed by atoms with Crippen molar-refractivity contribution in [1.82, 2.24) is 10.3 Å². The third kappa shape index (κ3) is 1.95. The number of ketones is 1. The number of thiazole rings is 1. The van der Waals surface area contributed by atoms with Crippen molar-refractivity contribution >= 4 is 17.1 Å². The molecule has 0 saturated carbocycles. The maximum absolute atomic E-state index is 11.8. The van der Waals surface area contributed by atoms with E-state index < -0.39 is 0 Å². The van der Waals surface area contributed by atoms with E-state index in [2.05, 4.69) is 10.3 Å². The molecule has 1 aromatic rings. The first-order valence-corrected chi connectivity index (χ1v) is 5.40. The summed E-state index contributed by atoms with van der Waals surface area (Å²) in [6, 6.07) is 0. The second-order valence-corrected chi connectivity index (χ2v) is 4.12. The standard InChI is InChI=1S/C9H12N2OS/c12-8(9-11-5-6-13-9)7-1-3-10-4-2-7/h5-7,10H,1-4H2. The molecule has 1 aliphatic rings. The van der Waals surface area contributed by atoms with Gasteiger partial charge in [0.25, 0.3) is 0 Å². The van der Waals surface area contributed by atoms with Gasteiger partial charge in [-0.1, -0.05) is 0 Å².